The van der Waals surface area contributed by atoms with Crippen molar-refractivity contribution in [1.29, 1.82) is 0 Å². The number of hydrogen-bond donors (Lipinski definition) is 1. The van der Waals surface area contributed by atoms with Gasteiger partial charge in [0, 0.05) is 5.56 Å². The summed E-state index contributed by atoms with van der Waals surface area (Å²) >= 11 is 1.38. The van der Waals surface area contributed by atoms with Crippen molar-refractivity contribution in [2.45, 2.75) is 13.5 Å². The lowest BCUT2D eigenvalue weighted by molar-refractivity contribution is -0.142. The smallest absolute Gasteiger partial charge is 0.329 e. The summed E-state index contributed by atoms with van der Waals surface area (Å²) in [7, 11) is 0. The third kappa shape index (κ3) is 3.59. The summed E-state index contributed by atoms with van der Waals surface area (Å²) in [6.07, 6.45) is 0. The van der Waals surface area contributed by atoms with E-state index in [1.807, 2.05) is 6.92 Å². The van der Waals surface area contributed by atoms with Crippen LogP contribution in [0.1, 0.15) is 10.6 Å². The summed E-state index contributed by atoms with van der Waals surface area (Å²) < 4.78 is 18.2. The molecule has 0 aliphatic rings. The van der Waals surface area contributed by atoms with Gasteiger partial charge in [0.2, 0.25) is 0 Å². The highest BCUT2D eigenvalue weighted by molar-refractivity contribution is 7.15. The van der Waals surface area contributed by atoms with Crippen LogP contribution in [0.2, 0.25) is 0 Å². The lowest BCUT2D eigenvalue weighted by atomic mass is 10.2. The first-order valence-electron chi connectivity index (χ1n) is 5.58. The standard InChI is InChI=1S/C13H12FNO3S/c1-8-11(6-18-7-12(16)17)19-13(15-8)9-3-2-4-10(14)5-9/h2-5H,6-7H2,1H3,(H,16,17). The normalized spacial score (nSPS) is 10.6. The van der Waals surface area contributed by atoms with Crippen molar-refractivity contribution in [2.75, 3.05) is 6.61 Å². The zero-order chi connectivity index (χ0) is 13.8. The molecule has 6 heteroatoms. The largest absolute Gasteiger partial charge is 0.480 e. The number of aryl methyl sites for hydroxylation is 1. The highest BCUT2D eigenvalue weighted by Crippen LogP contribution is 2.28. The Morgan fingerprint density at radius 1 is 1.53 bits per heavy atom. The van der Waals surface area contributed by atoms with Crippen LogP contribution in [0.3, 0.4) is 0 Å². The van der Waals surface area contributed by atoms with E-state index < -0.39 is 5.97 Å². The van der Waals surface area contributed by atoms with Crippen LogP contribution in [0, 0.1) is 12.7 Å². The molecule has 0 saturated carbocycles. The molecule has 0 spiro atoms. The van der Waals surface area contributed by atoms with E-state index in [1.54, 1.807) is 12.1 Å². The molecule has 1 aromatic heterocycles. The van der Waals surface area contributed by atoms with Crippen molar-refractivity contribution in [3.8, 4) is 10.6 Å². The second-order valence-corrected chi connectivity index (χ2v) is 5.01. The fourth-order valence-electron chi connectivity index (χ4n) is 1.54. The van der Waals surface area contributed by atoms with Gasteiger partial charge in [-0.05, 0) is 19.1 Å². The molecule has 1 heterocycles. The minimum absolute atomic E-state index is 0.200. The van der Waals surface area contributed by atoms with E-state index in [4.69, 9.17) is 9.84 Å². The van der Waals surface area contributed by atoms with Gasteiger partial charge in [-0.15, -0.1) is 11.3 Å². The third-order valence-electron chi connectivity index (χ3n) is 2.42. The van der Waals surface area contributed by atoms with Crippen LogP contribution in [-0.4, -0.2) is 22.7 Å². The molecule has 1 aromatic carbocycles. The number of thiazole rings is 1. The highest BCUT2D eigenvalue weighted by atomic mass is 32.1. The van der Waals surface area contributed by atoms with Crippen molar-refractivity contribution >= 4 is 17.3 Å². The number of carboxylic acid groups (broad SMARTS) is 1. The van der Waals surface area contributed by atoms with E-state index in [2.05, 4.69) is 4.98 Å². The Bertz CT molecular complexity index is 597. The number of halogens is 1. The molecule has 0 aliphatic heterocycles. The number of nitrogens with zero attached hydrogens (tertiary/aromatic N) is 1. The molecule has 2 rings (SSSR count). The van der Waals surface area contributed by atoms with E-state index in [1.165, 1.54) is 23.5 Å². The first kappa shape index (κ1) is 13.6. The first-order chi connectivity index (χ1) is 9.06. The molecule has 1 N–H and O–H groups in total. The number of rotatable bonds is 5. The second kappa shape index (κ2) is 5.90. The van der Waals surface area contributed by atoms with Gasteiger partial charge in [0.25, 0.3) is 0 Å². The maximum atomic E-state index is 13.1. The SMILES string of the molecule is Cc1nc(-c2cccc(F)c2)sc1COCC(=O)O. The van der Waals surface area contributed by atoms with Gasteiger partial charge in [-0.25, -0.2) is 14.2 Å². The summed E-state index contributed by atoms with van der Waals surface area (Å²) in [5.41, 5.74) is 1.48. The van der Waals surface area contributed by atoms with Crippen LogP contribution in [0.15, 0.2) is 24.3 Å². The fraction of sp³-hybridized carbons (Fsp3) is 0.231. The van der Waals surface area contributed by atoms with Crippen molar-refractivity contribution in [1.82, 2.24) is 4.98 Å². The predicted octanol–water partition coefficient (Wildman–Crippen LogP) is 2.86. The van der Waals surface area contributed by atoms with E-state index in [0.717, 1.165) is 10.6 Å². The average Bonchev–Trinajstić information content (AvgIpc) is 2.71. The van der Waals surface area contributed by atoms with Gasteiger partial charge in [0.05, 0.1) is 17.2 Å². The Kier molecular flexibility index (Phi) is 4.24. The van der Waals surface area contributed by atoms with Gasteiger partial charge in [0.15, 0.2) is 0 Å². The van der Waals surface area contributed by atoms with Crippen LogP contribution >= 0.6 is 11.3 Å². The number of ether oxygens (including phenoxy) is 1. The minimum Gasteiger partial charge on any atom is -0.480 e. The van der Waals surface area contributed by atoms with Crippen molar-refractivity contribution in [3.63, 3.8) is 0 Å². The second-order valence-electron chi connectivity index (χ2n) is 3.92. The average molecular weight is 281 g/mol. The summed E-state index contributed by atoms with van der Waals surface area (Å²) in [6.45, 7) is 1.68. The van der Waals surface area contributed by atoms with Crippen molar-refractivity contribution < 1.29 is 19.0 Å². The minimum atomic E-state index is -1.01. The van der Waals surface area contributed by atoms with Gasteiger partial charge >= 0.3 is 5.97 Å². The van der Waals surface area contributed by atoms with E-state index in [-0.39, 0.29) is 19.0 Å². The molecule has 0 amide bonds. The van der Waals surface area contributed by atoms with Crippen LogP contribution in [0.4, 0.5) is 4.39 Å². The Balaban J connectivity index is 2.14. The maximum absolute atomic E-state index is 13.1. The van der Waals surface area contributed by atoms with E-state index in [0.29, 0.717) is 10.6 Å². The summed E-state index contributed by atoms with van der Waals surface area (Å²) in [6, 6.07) is 6.20. The lowest BCUT2D eigenvalue weighted by Crippen LogP contribution is -2.06. The number of aliphatic carboxylic acids is 1. The zero-order valence-electron chi connectivity index (χ0n) is 10.2. The van der Waals surface area contributed by atoms with Gasteiger partial charge in [-0.3, -0.25) is 0 Å². The molecule has 0 atom stereocenters. The Morgan fingerprint density at radius 2 is 2.32 bits per heavy atom. The van der Waals surface area contributed by atoms with Crippen LogP contribution in [0.5, 0.6) is 0 Å². The summed E-state index contributed by atoms with van der Waals surface area (Å²) in [4.78, 5) is 15.6. The summed E-state index contributed by atoms with van der Waals surface area (Å²) in [5, 5.41) is 9.20. The van der Waals surface area contributed by atoms with Gasteiger partial charge < -0.3 is 9.84 Å². The fourth-order valence-corrected chi connectivity index (χ4v) is 2.53. The zero-order valence-corrected chi connectivity index (χ0v) is 11.0. The van der Waals surface area contributed by atoms with Crippen LogP contribution < -0.4 is 0 Å². The molecule has 0 aliphatic carbocycles. The highest BCUT2D eigenvalue weighted by Gasteiger charge is 2.10. The molecule has 0 fully saturated rings. The molecule has 0 unspecified atom stereocenters. The molecule has 0 radical (unpaired) electrons. The first-order valence-corrected chi connectivity index (χ1v) is 6.39. The number of benzene rings is 1. The van der Waals surface area contributed by atoms with Gasteiger partial charge in [0.1, 0.15) is 17.4 Å². The van der Waals surface area contributed by atoms with Crippen molar-refractivity contribution in [3.05, 3.63) is 40.7 Å². The Labute approximate surface area is 113 Å². The number of hydrogen-bond acceptors (Lipinski definition) is 4. The molecule has 4 nitrogen and oxygen atoms in total. The monoisotopic (exact) mass is 281 g/mol. The van der Waals surface area contributed by atoms with Crippen LogP contribution in [-0.2, 0) is 16.1 Å². The third-order valence-corrected chi connectivity index (χ3v) is 3.60. The summed E-state index contributed by atoms with van der Waals surface area (Å²) in [5.74, 6) is -1.32. The molecular formula is C13H12FNO3S. The number of carbonyl (C=O) groups is 1. The topological polar surface area (TPSA) is 59.4 Å². The molecule has 19 heavy (non-hydrogen) atoms. The van der Waals surface area contributed by atoms with E-state index >= 15 is 0 Å². The van der Waals surface area contributed by atoms with Gasteiger partial charge in [-0.1, -0.05) is 12.1 Å². The lowest BCUT2D eigenvalue weighted by Gasteiger charge is -1.98. The van der Waals surface area contributed by atoms with E-state index in [9.17, 15) is 9.18 Å². The van der Waals surface area contributed by atoms with Crippen LogP contribution in [0.25, 0.3) is 10.6 Å². The molecule has 0 saturated heterocycles. The predicted molar refractivity (Wildman–Crippen MR) is 69.5 cm³/mol. The maximum Gasteiger partial charge on any atom is 0.329 e. The number of aromatic nitrogens is 1. The molecule has 0 bridgehead atoms. The quantitative estimate of drug-likeness (QED) is 0.915. The molecule has 100 valence electrons. The molecule has 2 aromatic rings. The Morgan fingerprint density at radius 3 is 3.00 bits per heavy atom. The molecular weight excluding hydrogens is 269 g/mol. The Hall–Kier alpha value is -1.79. The number of carboxylic acids is 1. The van der Waals surface area contributed by atoms with Gasteiger partial charge in [-0.2, -0.15) is 0 Å². The van der Waals surface area contributed by atoms with Crippen molar-refractivity contribution in [2.24, 2.45) is 0 Å².